The molecule has 0 aliphatic carbocycles. The number of nitrogens with one attached hydrogen (secondary N) is 1. The summed E-state index contributed by atoms with van der Waals surface area (Å²) in [6.45, 7) is 4.09. The number of amides is 1. The van der Waals surface area contributed by atoms with Crippen molar-refractivity contribution in [2.24, 2.45) is 0 Å². The lowest BCUT2D eigenvalue weighted by Crippen LogP contribution is -2.28. The fourth-order valence-corrected chi connectivity index (χ4v) is 5.27. The van der Waals surface area contributed by atoms with E-state index in [1.807, 2.05) is 0 Å². The van der Waals surface area contributed by atoms with Gasteiger partial charge in [0.25, 0.3) is 0 Å². The number of allylic oxidation sites excluding steroid dienone is 8. The third-order valence-electron chi connectivity index (χ3n) is 8.02. The Labute approximate surface area is 282 Å². The molecule has 0 saturated heterocycles. The highest BCUT2D eigenvalue weighted by molar-refractivity contribution is 5.80. The van der Waals surface area contributed by atoms with Crippen molar-refractivity contribution in [1.82, 2.24) is 5.32 Å². The highest BCUT2D eigenvalue weighted by Crippen LogP contribution is 2.18. The largest absolute Gasteiger partial charge is 0.480 e. The fourth-order valence-electron chi connectivity index (χ4n) is 5.27. The van der Waals surface area contributed by atoms with E-state index in [2.05, 4.69) is 67.8 Å². The number of unbranched alkanes of at least 4 members (excludes halogenated alkanes) is 14. The van der Waals surface area contributed by atoms with Crippen LogP contribution in [0.1, 0.15) is 174 Å². The molecular weight excluding hydrogens is 574 g/mol. The number of carboxylic acid groups (broad SMARTS) is 1. The molecule has 0 bridgehead atoms. The molecule has 0 aromatic rings. The summed E-state index contributed by atoms with van der Waals surface area (Å²) >= 11 is 0. The van der Waals surface area contributed by atoms with Crippen molar-refractivity contribution in [1.29, 1.82) is 0 Å². The molecule has 1 atom stereocenters. The zero-order valence-electron chi connectivity index (χ0n) is 29.7. The Morgan fingerprint density at radius 1 is 0.587 bits per heavy atom. The molecule has 0 aliphatic heterocycles. The summed E-state index contributed by atoms with van der Waals surface area (Å²) in [5.74, 6) is -1.28. The average Bonchev–Trinajstić information content (AvgIpc) is 3.04. The van der Waals surface area contributed by atoms with E-state index in [1.165, 1.54) is 51.4 Å². The number of carbonyl (C=O) groups is 3. The Balaban J connectivity index is 4.23. The van der Waals surface area contributed by atoms with Crippen LogP contribution in [0.3, 0.4) is 0 Å². The van der Waals surface area contributed by atoms with E-state index >= 15 is 0 Å². The minimum atomic E-state index is -1.02. The van der Waals surface area contributed by atoms with E-state index in [0.29, 0.717) is 12.8 Å². The van der Waals surface area contributed by atoms with Crippen LogP contribution < -0.4 is 5.32 Å². The predicted molar refractivity (Wildman–Crippen MR) is 194 cm³/mol. The second-order valence-electron chi connectivity index (χ2n) is 12.5. The van der Waals surface area contributed by atoms with Gasteiger partial charge in [0.1, 0.15) is 12.6 Å². The maximum Gasteiger partial charge on any atom is 0.322 e. The van der Waals surface area contributed by atoms with Crippen molar-refractivity contribution in [2.75, 3.05) is 6.54 Å². The van der Waals surface area contributed by atoms with Crippen LogP contribution in [-0.4, -0.2) is 35.6 Å². The summed E-state index contributed by atoms with van der Waals surface area (Å²) in [6.07, 6.45) is 43.7. The van der Waals surface area contributed by atoms with Crippen LogP contribution in [0.4, 0.5) is 0 Å². The van der Waals surface area contributed by atoms with Gasteiger partial charge in [-0.15, -0.1) is 0 Å². The second-order valence-corrected chi connectivity index (χ2v) is 12.5. The van der Waals surface area contributed by atoms with E-state index in [9.17, 15) is 14.4 Å². The molecule has 0 saturated carbocycles. The number of rotatable bonds is 33. The van der Waals surface area contributed by atoms with Crippen LogP contribution in [0.2, 0.25) is 0 Å². The Kier molecular flexibility index (Phi) is 33.2. The number of hydrogen-bond donors (Lipinski definition) is 2. The van der Waals surface area contributed by atoms with Crippen LogP contribution in [0.25, 0.3) is 0 Å². The molecule has 6 heteroatoms. The topological polar surface area (TPSA) is 92.7 Å². The van der Waals surface area contributed by atoms with Gasteiger partial charge >= 0.3 is 11.9 Å². The van der Waals surface area contributed by atoms with Crippen molar-refractivity contribution in [3.05, 3.63) is 48.6 Å². The first-order valence-corrected chi connectivity index (χ1v) is 18.8. The number of carbonyl (C=O) groups excluding carboxylic acids is 2. The lowest BCUT2D eigenvalue weighted by Gasteiger charge is -2.18. The summed E-state index contributed by atoms with van der Waals surface area (Å²) in [7, 11) is 0. The standard InChI is InChI=1S/C40H69NO5/c1-3-5-7-9-11-13-14-15-16-17-18-20-22-27-31-35-40(45)46-37(32-28-24-21-19-12-10-8-6-4-2)33-29-25-23-26-30-34-38(42)41-36-39(43)44/h5,7,11,13,15-16,18,20,37H,3-4,6,8-10,12,14,17,19,21-36H2,1-2H3,(H,41,42)(H,43,44)/b7-5-,13-11-,16-15-,20-18-. The molecule has 0 radical (unpaired) electrons. The lowest BCUT2D eigenvalue weighted by atomic mass is 10.0. The highest BCUT2D eigenvalue weighted by atomic mass is 16.5. The van der Waals surface area contributed by atoms with Gasteiger partial charge in [-0.2, -0.15) is 0 Å². The van der Waals surface area contributed by atoms with E-state index < -0.39 is 5.97 Å². The minimum absolute atomic E-state index is 0.00758. The minimum Gasteiger partial charge on any atom is -0.480 e. The van der Waals surface area contributed by atoms with Crippen LogP contribution in [0.15, 0.2) is 48.6 Å². The number of carboxylic acids is 1. The SMILES string of the molecule is CC/C=C\C/C=C\C/C=C\C/C=C\CCCCC(=O)OC(CCCCCCCCCCC)CCCCCCCC(=O)NCC(=O)O. The lowest BCUT2D eigenvalue weighted by molar-refractivity contribution is -0.150. The molecule has 0 fully saturated rings. The Morgan fingerprint density at radius 2 is 1.07 bits per heavy atom. The Morgan fingerprint density at radius 3 is 1.61 bits per heavy atom. The maximum absolute atomic E-state index is 12.6. The first-order valence-electron chi connectivity index (χ1n) is 18.8. The maximum atomic E-state index is 12.6. The van der Waals surface area contributed by atoms with Crippen molar-refractivity contribution < 1.29 is 24.2 Å². The third kappa shape index (κ3) is 34.2. The highest BCUT2D eigenvalue weighted by Gasteiger charge is 2.14. The molecule has 6 nitrogen and oxygen atoms in total. The summed E-state index contributed by atoms with van der Waals surface area (Å²) in [6, 6.07) is 0. The molecule has 1 unspecified atom stereocenters. The van der Waals surface area contributed by atoms with Gasteiger partial charge in [0.05, 0.1) is 0 Å². The number of hydrogen-bond acceptors (Lipinski definition) is 4. The molecule has 0 aliphatic rings. The molecule has 0 aromatic heterocycles. The molecule has 0 rings (SSSR count). The van der Waals surface area contributed by atoms with Crippen LogP contribution >= 0.6 is 0 Å². The molecule has 0 aromatic carbocycles. The van der Waals surface area contributed by atoms with Gasteiger partial charge in [-0.05, 0) is 77.0 Å². The zero-order chi connectivity index (χ0) is 33.8. The zero-order valence-corrected chi connectivity index (χ0v) is 29.7. The first-order chi connectivity index (χ1) is 22.5. The average molecular weight is 644 g/mol. The second kappa shape index (κ2) is 35.2. The van der Waals surface area contributed by atoms with Crippen molar-refractivity contribution in [3.63, 3.8) is 0 Å². The summed E-state index contributed by atoms with van der Waals surface area (Å²) in [5, 5.41) is 11.0. The summed E-state index contributed by atoms with van der Waals surface area (Å²) in [5.41, 5.74) is 0. The van der Waals surface area contributed by atoms with Gasteiger partial charge in [-0.1, -0.05) is 133 Å². The normalized spacial score (nSPS) is 12.6. The van der Waals surface area contributed by atoms with Gasteiger partial charge in [0.2, 0.25) is 5.91 Å². The first kappa shape index (κ1) is 43.4. The molecular formula is C40H69NO5. The Hall–Kier alpha value is -2.63. The van der Waals surface area contributed by atoms with Crippen molar-refractivity contribution in [2.45, 2.75) is 180 Å². The molecule has 0 spiro atoms. The molecule has 1 amide bonds. The molecule has 0 heterocycles. The van der Waals surface area contributed by atoms with Gasteiger partial charge in [0, 0.05) is 12.8 Å². The predicted octanol–water partition coefficient (Wildman–Crippen LogP) is 11.1. The van der Waals surface area contributed by atoms with Gasteiger partial charge in [-0.3, -0.25) is 14.4 Å². The van der Waals surface area contributed by atoms with Crippen LogP contribution in [-0.2, 0) is 19.1 Å². The summed E-state index contributed by atoms with van der Waals surface area (Å²) < 4.78 is 5.97. The van der Waals surface area contributed by atoms with Crippen LogP contribution in [0, 0.1) is 0 Å². The smallest absolute Gasteiger partial charge is 0.322 e. The van der Waals surface area contributed by atoms with Crippen molar-refractivity contribution >= 4 is 17.8 Å². The van der Waals surface area contributed by atoms with Crippen LogP contribution in [0.5, 0.6) is 0 Å². The fraction of sp³-hybridized carbons (Fsp3) is 0.725. The summed E-state index contributed by atoms with van der Waals surface area (Å²) in [4.78, 5) is 34.8. The molecule has 2 N–H and O–H groups in total. The number of esters is 1. The van der Waals surface area contributed by atoms with E-state index in [-0.39, 0.29) is 24.5 Å². The number of ether oxygens (including phenoxy) is 1. The third-order valence-corrected chi connectivity index (χ3v) is 8.02. The molecule has 264 valence electrons. The molecule has 46 heavy (non-hydrogen) atoms. The number of aliphatic carboxylic acids is 1. The van der Waals surface area contributed by atoms with E-state index in [0.717, 1.165) is 96.3 Å². The quantitative estimate of drug-likeness (QED) is 0.0422. The van der Waals surface area contributed by atoms with Gasteiger partial charge in [0.15, 0.2) is 0 Å². The van der Waals surface area contributed by atoms with Crippen molar-refractivity contribution in [3.8, 4) is 0 Å². The Bertz CT molecular complexity index is 845. The van der Waals surface area contributed by atoms with Gasteiger partial charge < -0.3 is 15.2 Å². The monoisotopic (exact) mass is 644 g/mol. The van der Waals surface area contributed by atoms with Gasteiger partial charge in [-0.25, -0.2) is 0 Å². The van der Waals surface area contributed by atoms with E-state index in [4.69, 9.17) is 9.84 Å². The van der Waals surface area contributed by atoms with E-state index in [1.54, 1.807) is 0 Å².